The zero-order valence-electron chi connectivity index (χ0n) is 20.4. The van der Waals surface area contributed by atoms with Crippen molar-refractivity contribution in [3.63, 3.8) is 0 Å². The van der Waals surface area contributed by atoms with Crippen LogP contribution in [0.1, 0.15) is 72.2 Å². The third-order valence-electron chi connectivity index (χ3n) is 7.11. The lowest BCUT2D eigenvalue weighted by Gasteiger charge is -2.32. The van der Waals surface area contributed by atoms with Gasteiger partial charge in [0.1, 0.15) is 0 Å². The third-order valence-corrected chi connectivity index (χ3v) is 7.11. The normalized spacial score (nSPS) is 14.4. The Bertz CT molecular complexity index is 1170. The number of ketones is 2. The van der Waals surface area contributed by atoms with Crippen molar-refractivity contribution in [3.8, 4) is 22.3 Å². The van der Waals surface area contributed by atoms with Gasteiger partial charge in [-0.05, 0) is 68.1 Å². The molecule has 176 valence electrons. The van der Waals surface area contributed by atoms with Crippen molar-refractivity contribution in [2.45, 2.75) is 58.5 Å². The van der Waals surface area contributed by atoms with Crippen molar-refractivity contribution >= 4 is 17.3 Å². The fourth-order valence-corrected chi connectivity index (χ4v) is 4.95. The number of anilines is 1. The summed E-state index contributed by atoms with van der Waals surface area (Å²) in [5, 5.41) is 0. The summed E-state index contributed by atoms with van der Waals surface area (Å²) in [6.45, 7) is 3.95. The van der Waals surface area contributed by atoms with Crippen LogP contribution in [0.5, 0.6) is 0 Å². The molecule has 0 atom stereocenters. The van der Waals surface area contributed by atoms with Crippen molar-refractivity contribution in [1.29, 1.82) is 0 Å². The van der Waals surface area contributed by atoms with Crippen molar-refractivity contribution in [2.75, 3.05) is 12.8 Å². The molecule has 34 heavy (non-hydrogen) atoms. The molecule has 1 fully saturated rings. The maximum Gasteiger partial charge on any atom is 0.159 e. The first-order valence-electron chi connectivity index (χ1n) is 12.2. The summed E-state index contributed by atoms with van der Waals surface area (Å²) in [6.07, 6.45) is 6.39. The average Bonchev–Trinajstić information content (AvgIpc) is 2.86. The maximum atomic E-state index is 11.7. The Balaban J connectivity index is 1.76. The topological polar surface area (TPSA) is 63.4 Å². The van der Waals surface area contributed by atoms with E-state index in [9.17, 15) is 9.59 Å². The third kappa shape index (κ3) is 5.28. The molecule has 0 amide bonds. The van der Waals surface area contributed by atoms with Gasteiger partial charge in [0.2, 0.25) is 0 Å². The van der Waals surface area contributed by atoms with E-state index in [1.54, 1.807) is 13.8 Å². The van der Waals surface area contributed by atoms with Crippen molar-refractivity contribution in [1.82, 2.24) is 4.90 Å². The Labute approximate surface area is 202 Å². The van der Waals surface area contributed by atoms with Crippen LogP contribution in [0.25, 0.3) is 22.3 Å². The van der Waals surface area contributed by atoms with E-state index in [0.717, 1.165) is 40.0 Å². The van der Waals surface area contributed by atoms with Crippen LogP contribution in [0.15, 0.2) is 60.7 Å². The number of rotatable bonds is 7. The van der Waals surface area contributed by atoms with Crippen LogP contribution in [-0.2, 0) is 6.54 Å². The van der Waals surface area contributed by atoms with Gasteiger partial charge in [0.05, 0.1) is 0 Å². The second kappa shape index (κ2) is 10.4. The van der Waals surface area contributed by atoms with Gasteiger partial charge in [-0.1, -0.05) is 67.8 Å². The SMILES string of the molecule is CC(=O)c1ccc(-c2cc(CN(C)C3CCCCC3)c(N)c(-c3ccc(C(C)=O)cc3)c2)cc1. The first-order chi connectivity index (χ1) is 16.3. The smallest absolute Gasteiger partial charge is 0.159 e. The summed E-state index contributed by atoms with van der Waals surface area (Å²) in [6, 6.07) is 20.3. The molecular weight excluding hydrogens is 420 g/mol. The predicted molar refractivity (Wildman–Crippen MR) is 140 cm³/mol. The molecule has 0 bridgehead atoms. The Morgan fingerprint density at radius 2 is 1.32 bits per heavy atom. The largest absolute Gasteiger partial charge is 0.398 e. The monoisotopic (exact) mass is 454 g/mol. The maximum absolute atomic E-state index is 11.7. The molecule has 4 rings (SSSR count). The Hall–Kier alpha value is -3.24. The van der Waals surface area contributed by atoms with Gasteiger partial charge >= 0.3 is 0 Å². The minimum absolute atomic E-state index is 0.0497. The molecule has 0 radical (unpaired) electrons. The number of benzene rings is 3. The number of nitrogen functional groups attached to an aromatic ring is 1. The Morgan fingerprint density at radius 1 is 0.794 bits per heavy atom. The second-order valence-corrected chi connectivity index (χ2v) is 9.57. The van der Waals surface area contributed by atoms with Crippen LogP contribution in [-0.4, -0.2) is 29.6 Å². The highest BCUT2D eigenvalue weighted by molar-refractivity contribution is 5.95. The van der Waals surface area contributed by atoms with Crippen LogP contribution in [0.3, 0.4) is 0 Å². The summed E-state index contributed by atoms with van der Waals surface area (Å²) in [4.78, 5) is 25.9. The van der Waals surface area contributed by atoms with Crippen molar-refractivity contribution in [3.05, 3.63) is 77.4 Å². The highest BCUT2D eigenvalue weighted by Crippen LogP contribution is 2.36. The average molecular weight is 455 g/mol. The van der Waals surface area contributed by atoms with Gasteiger partial charge in [-0.25, -0.2) is 0 Å². The Kier molecular flexibility index (Phi) is 7.28. The minimum atomic E-state index is 0.0497. The Morgan fingerprint density at radius 3 is 1.85 bits per heavy atom. The second-order valence-electron chi connectivity index (χ2n) is 9.57. The summed E-state index contributed by atoms with van der Waals surface area (Å²) >= 11 is 0. The van der Waals surface area contributed by atoms with Crippen LogP contribution >= 0.6 is 0 Å². The van der Waals surface area contributed by atoms with Gasteiger partial charge in [-0.3, -0.25) is 14.5 Å². The predicted octanol–water partition coefficient (Wildman–Crippen LogP) is 6.77. The summed E-state index contributed by atoms with van der Waals surface area (Å²) < 4.78 is 0. The number of carbonyl (C=O) groups is 2. The van der Waals surface area contributed by atoms with E-state index in [-0.39, 0.29) is 11.6 Å². The van der Waals surface area contributed by atoms with Crippen LogP contribution in [0.2, 0.25) is 0 Å². The van der Waals surface area contributed by atoms with E-state index in [0.29, 0.717) is 17.2 Å². The molecule has 3 aromatic carbocycles. The molecule has 0 aliphatic heterocycles. The van der Waals surface area contributed by atoms with Crippen LogP contribution in [0.4, 0.5) is 5.69 Å². The molecule has 4 nitrogen and oxygen atoms in total. The van der Waals surface area contributed by atoms with Gasteiger partial charge in [0.15, 0.2) is 11.6 Å². The first kappa shape index (κ1) is 23.9. The van der Waals surface area contributed by atoms with Gasteiger partial charge < -0.3 is 5.73 Å². The summed E-state index contributed by atoms with van der Waals surface area (Å²) in [5.74, 6) is 0.110. The van der Waals surface area contributed by atoms with E-state index in [1.165, 1.54) is 32.1 Å². The molecule has 1 saturated carbocycles. The van der Waals surface area contributed by atoms with Gasteiger partial charge in [0.25, 0.3) is 0 Å². The lowest BCUT2D eigenvalue weighted by Crippen LogP contribution is -2.33. The zero-order valence-corrected chi connectivity index (χ0v) is 20.4. The number of hydrogen-bond donors (Lipinski definition) is 1. The molecule has 1 aliphatic carbocycles. The fourth-order valence-electron chi connectivity index (χ4n) is 4.95. The minimum Gasteiger partial charge on any atom is -0.398 e. The lowest BCUT2D eigenvalue weighted by molar-refractivity contribution is 0.100. The van der Waals surface area contributed by atoms with Crippen molar-refractivity contribution < 1.29 is 9.59 Å². The number of nitrogens with two attached hydrogens (primary N) is 1. The van der Waals surface area contributed by atoms with E-state index in [4.69, 9.17) is 5.73 Å². The number of carbonyl (C=O) groups excluding carboxylic acids is 2. The molecule has 0 heterocycles. The fraction of sp³-hybridized carbons (Fsp3) is 0.333. The van der Waals surface area contributed by atoms with Crippen molar-refractivity contribution in [2.24, 2.45) is 0 Å². The standard InChI is InChI=1S/C30H34N2O2/c1-20(33)22-9-13-24(14-10-22)26-17-27(19-32(3)28-7-5-4-6-8-28)30(31)29(18-26)25-15-11-23(12-16-25)21(2)34/h9-18,28H,4-8,19,31H2,1-3H3. The van der Waals surface area contributed by atoms with E-state index in [2.05, 4.69) is 24.1 Å². The van der Waals surface area contributed by atoms with Crippen LogP contribution in [0, 0.1) is 0 Å². The summed E-state index contributed by atoms with van der Waals surface area (Å²) in [7, 11) is 2.20. The lowest BCUT2D eigenvalue weighted by atomic mass is 9.91. The molecule has 4 heteroatoms. The molecule has 2 N–H and O–H groups in total. The van der Waals surface area contributed by atoms with E-state index >= 15 is 0 Å². The van der Waals surface area contributed by atoms with Gasteiger partial charge in [-0.15, -0.1) is 0 Å². The molecule has 0 unspecified atom stereocenters. The molecule has 1 aliphatic rings. The number of Topliss-reactive ketones (excluding diaryl/α,β-unsaturated/α-hetero) is 2. The first-order valence-corrected chi connectivity index (χ1v) is 12.2. The number of nitrogens with zero attached hydrogens (tertiary/aromatic N) is 1. The molecule has 0 aromatic heterocycles. The highest BCUT2D eigenvalue weighted by atomic mass is 16.1. The zero-order chi connectivity index (χ0) is 24.2. The molecule has 0 saturated heterocycles. The molecular formula is C30H34N2O2. The molecule has 3 aromatic rings. The van der Waals surface area contributed by atoms with E-state index < -0.39 is 0 Å². The molecule has 0 spiro atoms. The quantitative estimate of drug-likeness (QED) is 0.316. The number of hydrogen-bond acceptors (Lipinski definition) is 4. The van der Waals surface area contributed by atoms with Crippen LogP contribution < -0.4 is 5.73 Å². The summed E-state index contributed by atoms with van der Waals surface area (Å²) in [5.41, 5.74) is 14.1. The highest BCUT2D eigenvalue weighted by Gasteiger charge is 2.20. The van der Waals surface area contributed by atoms with Gasteiger partial charge in [-0.2, -0.15) is 0 Å². The van der Waals surface area contributed by atoms with Gasteiger partial charge in [0, 0.05) is 35.0 Å². The van der Waals surface area contributed by atoms with E-state index in [1.807, 2.05) is 48.5 Å².